The predicted molar refractivity (Wildman–Crippen MR) is 71.3 cm³/mol. The fourth-order valence-electron chi connectivity index (χ4n) is 2.49. The number of nitrogens with zero attached hydrogens (tertiary/aromatic N) is 3. The van der Waals surface area contributed by atoms with E-state index in [1.165, 1.54) is 5.69 Å². The molecule has 2 rings (SSSR count). The lowest BCUT2D eigenvalue weighted by atomic mass is 9.98. The van der Waals surface area contributed by atoms with Gasteiger partial charge in [-0.2, -0.15) is 5.10 Å². The Bertz CT molecular complexity index is 358. The molecule has 17 heavy (non-hydrogen) atoms. The van der Waals surface area contributed by atoms with E-state index in [1.807, 2.05) is 10.9 Å². The molecule has 4 heteroatoms. The van der Waals surface area contributed by atoms with Crippen LogP contribution in [0.3, 0.4) is 0 Å². The maximum absolute atomic E-state index is 4.38. The first kappa shape index (κ1) is 12.4. The van der Waals surface area contributed by atoms with Crippen LogP contribution in [0, 0.1) is 5.92 Å². The highest BCUT2D eigenvalue weighted by atomic mass is 15.3. The van der Waals surface area contributed by atoms with Gasteiger partial charge in [0.1, 0.15) is 0 Å². The summed E-state index contributed by atoms with van der Waals surface area (Å²) in [7, 11) is 0. The van der Waals surface area contributed by atoms with Crippen molar-refractivity contribution in [2.75, 3.05) is 18.0 Å². The summed E-state index contributed by atoms with van der Waals surface area (Å²) in [6.07, 6.45) is 4.16. The Kier molecular flexibility index (Phi) is 3.72. The molecule has 96 valence electrons. The molecule has 1 aliphatic rings. The van der Waals surface area contributed by atoms with Gasteiger partial charge < -0.3 is 10.2 Å². The molecule has 1 aromatic rings. The van der Waals surface area contributed by atoms with Crippen LogP contribution in [0.2, 0.25) is 0 Å². The first-order valence-corrected chi connectivity index (χ1v) is 6.64. The van der Waals surface area contributed by atoms with E-state index in [0.29, 0.717) is 18.0 Å². The summed E-state index contributed by atoms with van der Waals surface area (Å²) in [5, 5.41) is 7.95. The summed E-state index contributed by atoms with van der Waals surface area (Å²) in [4.78, 5) is 2.50. The van der Waals surface area contributed by atoms with E-state index in [-0.39, 0.29) is 0 Å². The lowest BCUT2D eigenvalue weighted by Gasteiger charge is -2.42. The molecular weight excluding hydrogens is 212 g/mol. The molecule has 0 spiro atoms. The first-order chi connectivity index (χ1) is 8.11. The SMILES string of the molecule is CCn1cc(N2CC(C)NCC2C(C)C)cn1. The van der Waals surface area contributed by atoms with Gasteiger partial charge in [-0.1, -0.05) is 13.8 Å². The average molecular weight is 236 g/mol. The van der Waals surface area contributed by atoms with Gasteiger partial charge in [0.15, 0.2) is 0 Å². The number of rotatable bonds is 3. The largest absolute Gasteiger partial charge is 0.363 e. The molecule has 0 radical (unpaired) electrons. The molecule has 2 unspecified atom stereocenters. The summed E-state index contributed by atoms with van der Waals surface area (Å²) >= 11 is 0. The van der Waals surface area contributed by atoms with Crippen molar-refractivity contribution in [3.63, 3.8) is 0 Å². The van der Waals surface area contributed by atoms with Crippen LogP contribution in [0.4, 0.5) is 5.69 Å². The number of anilines is 1. The summed E-state index contributed by atoms with van der Waals surface area (Å²) < 4.78 is 2.00. The minimum absolute atomic E-state index is 0.551. The van der Waals surface area contributed by atoms with E-state index in [9.17, 15) is 0 Å². The lowest BCUT2D eigenvalue weighted by Crippen LogP contribution is -2.57. The smallest absolute Gasteiger partial charge is 0.0756 e. The number of hydrogen-bond donors (Lipinski definition) is 1. The van der Waals surface area contributed by atoms with E-state index >= 15 is 0 Å². The molecule has 1 N–H and O–H groups in total. The van der Waals surface area contributed by atoms with Crippen LogP contribution >= 0.6 is 0 Å². The molecule has 0 saturated carbocycles. The summed E-state index contributed by atoms with van der Waals surface area (Å²) in [6, 6.07) is 1.12. The highest BCUT2D eigenvalue weighted by Crippen LogP contribution is 2.23. The maximum atomic E-state index is 4.38. The number of hydrogen-bond acceptors (Lipinski definition) is 3. The van der Waals surface area contributed by atoms with Crippen molar-refractivity contribution < 1.29 is 0 Å². The summed E-state index contributed by atoms with van der Waals surface area (Å²) in [6.45, 7) is 12.0. The second-order valence-electron chi connectivity index (χ2n) is 5.33. The third-order valence-corrected chi connectivity index (χ3v) is 3.59. The minimum Gasteiger partial charge on any atom is -0.363 e. The molecule has 1 saturated heterocycles. The van der Waals surface area contributed by atoms with Gasteiger partial charge in [-0.25, -0.2) is 0 Å². The monoisotopic (exact) mass is 236 g/mol. The van der Waals surface area contributed by atoms with E-state index in [0.717, 1.165) is 19.6 Å². The van der Waals surface area contributed by atoms with Gasteiger partial charge in [0.2, 0.25) is 0 Å². The molecular formula is C13H24N4. The Labute approximate surface area is 104 Å². The van der Waals surface area contributed by atoms with E-state index in [1.54, 1.807) is 0 Å². The highest BCUT2D eigenvalue weighted by molar-refractivity contribution is 5.45. The molecule has 1 aromatic heterocycles. The lowest BCUT2D eigenvalue weighted by molar-refractivity contribution is 0.349. The second kappa shape index (κ2) is 5.08. The molecule has 1 fully saturated rings. The van der Waals surface area contributed by atoms with Crippen LogP contribution in [0.1, 0.15) is 27.7 Å². The van der Waals surface area contributed by atoms with Crippen molar-refractivity contribution in [3.8, 4) is 0 Å². The summed E-state index contributed by atoms with van der Waals surface area (Å²) in [5.41, 5.74) is 1.26. The average Bonchev–Trinajstić information content (AvgIpc) is 2.76. The van der Waals surface area contributed by atoms with Gasteiger partial charge in [0.25, 0.3) is 0 Å². The van der Waals surface area contributed by atoms with E-state index in [4.69, 9.17) is 0 Å². The van der Waals surface area contributed by atoms with Gasteiger partial charge in [-0.15, -0.1) is 0 Å². The van der Waals surface area contributed by atoms with E-state index < -0.39 is 0 Å². The van der Waals surface area contributed by atoms with Gasteiger partial charge in [0.05, 0.1) is 11.9 Å². The van der Waals surface area contributed by atoms with Crippen molar-refractivity contribution in [1.29, 1.82) is 0 Å². The fraction of sp³-hybridized carbons (Fsp3) is 0.769. The summed E-state index contributed by atoms with van der Waals surface area (Å²) in [5.74, 6) is 0.653. The molecule has 0 bridgehead atoms. The first-order valence-electron chi connectivity index (χ1n) is 6.64. The normalized spacial score (nSPS) is 25.6. The Morgan fingerprint density at radius 2 is 2.29 bits per heavy atom. The van der Waals surface area contributed by atoms with Gasteiger partial charge in [0, 0.05) is 37.9 Å². The van der Waals surface area contributed by atoms with Crippen LogP contribution < -0.4 is 10.2 Å². The topological polar surface area (TPSA) is 33.1 Å². The van der Waals surface area contributed by atoms with Crippen LogP contribution in [-0.4, -0.2) is 35.0 Å². The molecule has 0 aromatic carbocycles. The van der Waals surface area contributed by atoms with Gasteiger partial charge in [-0.3, -0.25) is 4.68 Å². The molecule has 2 heterocycles. The van der Waals surface area contributed by atoms with E-state index in [2.05, 4.69) is 49.2 Å². The Balaban J connectivity index is 2.19. The van der Waals surface area contributed by atoms with Gasteiger partial charge >= 0.3 is 0 Å². The van der Waals surface area contributed by atoms with Crippen LogP contribution in [0.25, 0.3) is 0 Å². The van der Waals surface area contributed by atoms with Crippen molar-refractivity contribution in [1.82, 2.24) is 15.1 Å². The molecule has 1 aliphatic heterocycles. The highest BCUT2D eigenvalue weighted by Gasteiger charge is 2.28. The Hall–Kier alpha value is -1.03. The van der Waals surface area contributed by atoms with Crippen molar-refractivity contribution in [2.45, 2.75) is 46.3 Å². The third-order valence-electron chi connectivity index (χ3n) is 3.59. The number of aryl methyl sites for hydroxylation is 1. The molecule has 0 amide bonds. The van der Waals surface area contributed by atoms with Crippen LogP contribution in [0.15, 0.2) is 12.4 Å². The Morgan fingerprint density at radius 1 is 1.53 bits per heavy atom. The maximum Gasteiger partial charge on any atom is 0.0756 e. The predicted octanol–water partition coefficient (Wildman–Crippen LogP) is 1.73. The second-order valence-corrected chi connectivity index (χ2v) is 5.33. The van der Waals surface area contributed by atoms with Crippen LogP contribution in [-0.2, 0) is 6.54 Å². The number of nitrogens with one attached hydrogen (secondary N) is 1. The molecule has 4 nitrogen and oxygen atoms in total. The molecule has 2 atom stereocenters. The Morgan fingerprint density at radius 3 is 2.88 bits per heavy atom. The number of aromatic nitrogens is 2. The fourth-order valence-corrected chi connectivity index (χ4v) is 2.49. The minimum atomic E-state index is 0.551. The van der Waals surface area contributed by atoms with Crippen LogP contribution in [0.5, 0.6) is 0 Å². The van der Waals surface area contributed by atoms with Crippen molar-refractivity contribution in [2.24, 2.45) is 5.92 Å². The third kappa shape index (κ3) is 2.63. The standard InChI is InChI=1S/C13H24N4/c1-5-16-9-12(6-15-16)17-8-11(4)14-7-13(17)10(2)3/h6,9-11,13-14H,5,7-8H2,1-4H3. The van der Waals surface area contributed by atoms with Crippen molar-refractivity contribution in [3.05, 3.63) is 12.4 Å². The quantitative estimate of drug-likeness (QED) is 0.867. The van der Waals surface area contributed by atoms with Crippen molar-refractivity contribution >= 4 is 5.69 Å². The zero-order chi connectivity index (χ0) is 12.4. The zero-order valence-corrected chi connectivity index (χ0v) is 11.3. The van der Waals surface area contributed by atoms with Gasteiger partial charge in [-0.05, 0) is 19.8 Å². The molecule has 0 aliphatic carbocycles. The number of piperazine rings is 1. The zero-order valence-electron chi connectivity index (χ0n) is 11.3.